The highest BCUT2D eigenvalue weighted by molar-refractivity contribution is 5.75. The Kier molecular flexibility index (Phi) is 6.39. The third-order valence-electron chi connectivity index (χ3n) is 4.19. The second-order valence-corrected chi connectivity index (χ2v) is 6.10. The van der Waals surface area contributed by atoms with E-state index in [1.165, 1.54) is 6.20 Å². The lowest BCUT2D eigenvalue weighted by Gasteiger charge is -2.20. The van der Waals surface area contributed by atoms with Gasteiger partial charge in [0.1, 0.15) is 11.6 Å². The van der Waals surface area contributed by atoms with Crippen LogP contribution in [0.4, 0.5) is 4.39 Å². The largest absolute Gasteiger partial charge is 0.507 e. The number of carbonyl (C=O) groups excluding carboxylic acids is 1. The molecule has 138 valence electrons. The first kappa shape index (κ1) is 19.5. The quantitative estimate of drug-likeness (QED) is 0.714. The lowest BCUT2D eigenvalue weighted by atomic mass is 9.92. The van der Waals surface area contributed by atoms with Crippen LogP contribution in [0, 0.1) is 19.7 Å². The zero-order chi connectivity index (χ0) is 19.3. The van der Waals surface area contributed by atoms with E-state index in [1.807, 2.05) is 13.0 Å². The maximum atomic E-state index is 14.8. The summed E-state index contributed by atoms with van der Waals surface area (Å²) in [6.07, 6.45) is 1.40. The number of ether oxygens (including phenoxy) is 1. The van der Waals surface area contributed by atoms with Crippen LogP contribution in [0.1, 0.15) is 36.1 Å². The number of nitrogens with one attached hydrogen (secondary N) is 1. The Hall–Kier alpha value is -2.82. The number of phenolic OH excluding ortho intramolecular Hbond substituents is 1. The van der Waals surface area contributed by atoms with Crippen LogP contribution < -0.4 is 5.32 Å². The molecule has 0 radical (unpaired) electrons. The molecular formula is C21H24FNO3. The van der Waals surface area contributed by atoms with Gasteiger partial charge in [-0.15, -0.1) is 0 Å². The molecule has 0 aliphatic heterocycles. The summed E-state index contributed by atoms with van der Waals surface area (Å²) in [5, 5.41) is 13.2. The van der Waals surface area contributed by atoms with Gasteiger partial charge in [0.05, 0.1) is 19.1 Å². The first-order valence-corrected chi connectivity index (χ1v) is 8.50. The molecule has 0 fully saturated rings. The first-order valence-electron chi connectivity index (χ1n) is 8.50. The molecule has 0 saturated heterocycles. The van der Waals surface area contributed by atoms with E-state index in [4.69, 9.17) is 4.74 Å². The second kappa shape index (κ2) is 8.52. The molecule has 0 saturated carbocycles. The number of esters is 1. The summed E-state index contributed by atoms with van der Waals surface area (Å²) in [5.74, 6) is -0.695. The summed E-state index contributed by atoms with van der Waals surface area (Å²) in [6.45, 7) is 9.14. The van der Waals surface area contributed by atoms with Crippen LogP contribution in [-0.4, -0.2) is 17.7 Å². The van der Waals surface area contributed by atoms with Crippen molar-refractivity contribution in [3.8, 4) is 16.9 Å². The Morgan fingerprint density at radius 2 is 2.08 bits per heavy atom. The highest BCUT2D eigenvalue weighted by Gasteiger charge is 2.22. The van der Waals surface area contributed by atoms with Gasteiger partial charge in [0.2, 0.25) is 0 Å². The second-order valence-electron chi connectivity index (χ2n) is 6.10. The molecule has 0 spiro atoms. The predicted octanol–water partition coefficient (Wildman–Crippen LogP) is 4.54. The van der Waals surface area contributed by atoms with E-state index < -0.39 is 17.8 Å². The fourth-order valence-corrected chi connectivity index (χ4v) is 3.01. The highest BCUT2D eigenvalue weighted by atomic mass is 19.1. The Morgan fingerprint density at radius 3 is 2.69 bits per heavy atom. The molecule has 0 heterocycles. The van der Waals surface area contributed by atoms with Crippen LogP contribution in [0.5, 0.6) is 5.75 Å². The van der Waals surface area contributed by atoms with Gasteiger partial charge in [0.15, 0.2) is 0 Å². The number of phenols is 1. The van der Waals surface area contributed by atoms with Crippen molar-refractivity contribution < 1.29 is 19.0 Å². The van der Waals surface area contributed by atoms with Gasteiger partial charge in [-0.1, -0.05) is 18.7 Å². The van der Waals surface area contributed by atoms with Crippen LogP contribution in [-0.2, 0) is 9.53 Å². The third kappa shape index (κ3) is 4.23. The van der Waals surface area contributed by atoms with Crippen molar-refractivity contribution in [3.05, 3.63) is 65.6 Å². The van der Waals surface area contributed by atoms with E-state index in [0.29, 0.717) is 22.3 Å². The van der Waals surface area contributed by atoms with Gasteiger partial charge < -0.3 is 15.2 Å². The van der Waals surface area contributed by atoms with E-state index >= 15 is 0 Å². The van der Waals surface area contributed by atoms with Gasteiger partial charge in [-0.3, -0.25) is 4.79 Å². The number of benzene rings is 2. The van der Waals surface area contributed by atoms with Gasteiger partial charge in [-0.2, -0.15) is 0 Å². The lowest BCUT2D eigenvalue weighted by Crippen LogP contribution is -2.22. The molecule has 2 aromatic rings. The maximum Gasteiger partial charge on any atom is 0.308 e. The summed E-state index contributed by atoms with van der Waals surface area (Å²) in [7, 11) is 0. The van der Waals surface area contributed by atoms with Crippen molar-refractivity contribution in [2.75, 3.05) is 6.61 Å². The minimum absolute atomic E-state index is 0.0283. The summed E-state index contributed by atoms with van der Waals surface area (Å²) < 4.78 is 19.8. The molecule has 2 aromatic carbocycles. The summed E-state index contributed by atoms with van der Waals surface area (Å²) in [5.41, 5.74) is 2.97. The van der Waals surface area contributed by atoms with E-state index in [2.05, 4.69) is 11.9 Å². The molecule has 0 bridgehead atoms. The molecular weight excluding hydrogens is 333 g/mol. The SMILES string of the molecule is C=CN[C@@H](CC(=O)OCC)c1cc(-c2c(C)cccc2O)cc(C)c1F. The van der Waals surface area contributed by atoms with Gasteiger partial charge in [-0.25, -0.2) is 4.39 Å². The van der Waals surface area contributed by atoms with Crippen LogP contribution in [0.25, 0.3) is 11.1 Å². The minimum atomic E-state index is -0.614. The smallest absolute Gasteiger partial charge is 0.308 e. The zero-order valence-corrected chi connectivity index (χ0v) is 15.3. The number of hydrogen-bond acceptors (Lipinski definition) is 4. The lowest BCUT2D eigenvalue weighted by molar-refractivity contribution is -0.143. The molecule has 26 heavy (non-hydrogen) atoms. The van der Waals surface area contributed by atoms with Crippen LogP contribution in [0.3, 0.4) is 0 Å². The molecule has 4 nitrogen and oxygen atoms in total. The molecule has 1 atom stereocenters. The van der Waals surface area contributed by atoms with Crippen molar-refractivity contribution >= 4 is 5.97 Å². The van der Waals surface area contributed by atoms with E-state index in [-0.39, 0.29) is 18.8 Å². The average Bonchev–Trinajstić information content (AvgIpc) is 2.57. The van der Waals surface area contributed by atoms with Crippen molar-refractivity contribution in [2.24, 2.45) is 0 Å². The normalized spacial score (nSPS) is 11.7. The summed E-state index contributed by atoms with van der Waals surface area (Å²) >= 11 is 0. The van der Waals surface area contributed by atoms with E-state index in [0.717, 1.165) is 5.56 Å². The molecule has 0 unspecified atom stereocenters. The Labute approximate surface area is 153 Å². The fourth-order valence-electron chi connectivity index (χ4n) is 3.01. The van der Waals surface area contributed by atoms with Crippen molar-refractivity contribution in [1.29, 1.82) is 0 Å². The number of hydrogen-bond donors (Lipinski definition) is 2. The van der Waals surface area contributed by atoms with Crippen LogP contribution >= 0.6 is 0 Å². The van der Waals surface area contributed by atoms with Crippen LogP contribution in [0.15, 0.2) is 43.1 Å². The zero-order valence-electron chi connectivity index (χ0n) is 15.3. The Balaban J connectivity index is 2.55. The molecule has 0 aliphatic carbocycles. The van der Waals surface area contributed by atoms with Crippen molar-refractivity contribution in [3.63, 3.8) is 0 Å². The Bertz CT molecular complexity index is 797. The molecule has 5 heteroatoms. The number of rotatable bonds is 7. The topological polar surface area (TPSA) is 58.6 Å². The average molecular weight is 357 g/mol. The third-order valence-corrected chi connectivity index (χ3v) is 4.19. The molecule has 2 rings (SSSR count). The molecule has 0 aliphatic rings. The fraction of sp³-hybridized carbons (Fsp3) is 0.286. The van der Waals surface area contributed by atoms with E-state index in [9.17, 15) is 14.3 Å². The number of aryl methyl sites for hydroxylation is 2. The molecule has 0 aromatic heterocycles. The maximum absolute atomic E-state index is 14.8. The molecule has 2 N–H and O–H groups in total. The highest BCUT2D eigenvalue weighted by Crippen LogP contribution is 2.36. The first-order chi connectivity index (χ1) is 12.4. The van der Waals surface area contributed by atoms with E-state index in [1.54, 1.807) is 38.1 Å². The minimum Gasteiger partial charge on any atom is -0.507 e. The van der Waals surface area contributed by atoms with Gasteiger partial charge in [0.25, 0.3) is 0 Å². The van der Waals surface area contributed by atoms with Gasteiger partial charge >= 0.3 is 5.97 Å². The summed E-state index contributed by atoms with van der Waals surface area (Å²) in [4.78, 5) is 11.9. The predicted molar refractivity (Wildman–Crippen MR) is 100 cm³/mol. The number of halogens is 1. The van der Waals surface area contributed by atoms with Gasteiger partial charge in [-0.05, 0) is 61.9 Å². The van der Waals surface area contributed by atoms with Gasteiger partial charge in [0, 0.05) is 11.1 Å². The number of aromatic hydroxyl groups is 1. The van der Waals surface area contributed by atoms with Crippen molar-refractivity contribution in [2.45, 2.75) is 33.2 Å². The summed E-state index contributed by atoms with van der Waals surface area (Å²) in [6, 6.07) is 7.97. The molecule has 0 amide bonds. The van der Waals surface area contributed by atoms with Crippen molar-refractivity contribution in [1.82, 2.24) is 5.32 Å². The monoisotopic (exact) mass is 357 g/mol. The Morgan fingerprint density at radius 1 is 1.35 bits per heavy atom. The number of carbonyl (C=O) groups is 1. The van der Waals surface area contributed by atoms with Crippen LogP contribution in [0.2, 0.25) is 0 Å². The standard InChI is InChI=1S/C21H24FNO3/c1-5-23-17(12-19(25)26-6-2)16-11-15(10-14(4)21(16)22)20-13(3)8-7-9-18(20)24/h5,7-11,17,23-24H,1,6,12H2,2-4H3/t17-/m0/s1.